The van der Waals surface area contributed by atoms with E-state index in [1.807, 2.05) is 13.8 Å². The number of nitrogens with two attached hydrogens (primary N) is 1. The van der Waals surface area contributed by atoms with Crippen LogP contribution in [0.1, 0.15) is 26.7 Å². The number of carbonyl (C=O) groups excluding carboxylic acids is 1. The molecule has 18 heavy (non-hydrogen) atoms. The molecule has 1 rings (SSSR count). The molecule has 4 nitrogen and oxygen atoms in total. The van der Waals surface area contributed by atoms with Crippen molar-refractivity contribution in [2.75, 3.05) is 17.6 Å². The zero-order chi connectivity index (χ0) is 13.5. The molecule has 0 aliphatic carbocycles. The summed E-state index contributed by atoms with van der Waals surface area (Å²) < 4.78 is 13.0. The first-order chi connectivity index (χ1) is 8.51. The number of hydrogen-bond donors (Lipinski definition) is 3. The second kappa shape index (κ2) is 6.83. The van der Waals surface area contributed by atoms with Gasteiger partial charge in [0.2, 0.25) is 5.91 Å². The molecule has 1 unspecified atom stereocenters. The molecule has 0 radical (unpaired) electrons. The van der Waals surface area contributed by atoms with E-state index in [0.717, 1.165) is 6.42 Å². The topological polar surface area (TPSA) is 67.2 Å². The Bertz CT molecular complexity index is 389. The van der Waals surface area contributed by atoms with Crippen LogP contribution in [0.3, 0.4) is 0 Å². The average molecular weight is 253 g/mol. The SMILES string of the molecule is CCC(C)NC(=O)CCNc1cc(N)cc(F)c1. The maximum absolute atomic E-state index is 13.0. The lowest BCUT2D eigenvalue weighted by molar-refractivity contribution is -0.121. The molecule has 0 aliphatic rings. The Morgan fingerprint density at radius 1 is 1.44 bits per heavy atom. The monoisotopic (exact) mass is 253 g/mol. The molecule has 1 aromatic rings. The van der Waals surface area contributed by atoms with Gasteiger partial charge in [0, 0.05) is 30.4 Å². The number of rotatable bonds is 6. The Hall–Kier alpha value is -1.78. The summed E-state index contributed by atoms with van der Waals surface area (Å²) in [4.78, 5) is 11.5. The van der Waals surface area contributed by atoms with Crippen molar-refractivity contribution < 1.29 is 9.18 Å². The largest absolute Gasteiger partial charge is 0.399 e. The van der Waals surface area contributed by atoms with Crippen LogP contribution in [0.15, 0.2) is 18.2 Å². The lowest BCUT2D eigenvalue weighted by Gasteiger charge is -2.12. The van der Waals surface area contributed by atoms with Gasteiger partial charge in [0.05, 0.1) is 0 Å². The first-order valence-corrected chi connectivity index (χ1v) is 6.10. The molecule has 0 heterocycles. The quantitative estimate of drug-likeness (QED) is 0.680. The standard InChI is InChI=1S/C13H20FN3O/c1-3-9(2)17-13(18)4-5-16-12-7-10(14)6-11(15)8-12/h6-9,16H,3-5,15H2,1-2H3,(H,17,18). The van der Waals surface area contributed by atoms with Crippen molar-refractivity contribution in [3.63, 3.8) is 0 Å². The second-order valence-corrected chi connectivity index (χ2v) is 4.33. The normalized spacial score (nSPS) is 11.9. The number of carbonyl (C=O) groups is 1. The molecule has 0 saturated heterocycles. The predicted octanol–water partition coefficient (Wildman–Crippen LogP) is 2.12. The van der Waals surface area contributed by atoms with E-state index in [0.29, 0.717) is 24.3 Å². The Balaban J connectivity index is 2.35. The lowest BCUT2D eigenvalue weighted by atomic mass is 10.2. The van der Waals surface area contributed by atoms with Crippen molar-refractivity contribution in [3.8, 4) is 0 Å². The number of hydrogen-bond acceptors (Lipinski definition) is 3. The minimum Gasteiger partial charge on any atom is -0.399 e. The van der Waals surface area contributed by atoms with Crippen LogP contribution in [0, 0.1) is 5.82 Å². The summed E-state index contributed by atoms with van der Waals surface area (Å²) in [5.74, 6) is -0.400. The summed E-state index contributed by atoms with van der Waals surface area (Å²) in [6.45, 7) is 4.42. The molecular weight excluding hydrogens is 233 g/mol. The first-order valence-electron chi connectivity index (χ1n) is 6.10. The van der Waals surface area contributed by atoms with Crippen molar-refractivity contribution in [2.45, 2.75) is 32.7 Å². The number of amides is 1. The molecule has 0 bridgehead atoms. The van der Waals surface area contributed by atoms with Crippen molar-refractivity contribution in [1.29, 1.82) is 0 Å². The van der Waals surface area contributed by atoms with Crippen LogP contribution in [0.5, 0.6) is 0 Å². The predicted molar refractivity (Wildman–Crippen MR) is 71.8 cm³/mol. The zero-order valence-corrected chi connectivity index (χ0v) is 10.8. The van der Waals surface area contributed by atoms with Crippen LogP contribution in [-0.4, -0.2) is 18.5 Å². The zero-order valence-electron chi connectivity index (χ0n) is 10.8. The number of nitrogen functional groups attached to an aromatic ring is 1. The molecule has 5 heteroatoms. The molecule has 0 spiro atoms. The fourth-order valence-electron chi connectivity index (χ4n) is 1.48. The maximum atomic E-state index is 13.0. The van der Waals surface area contributed by atoms with Gasteiger partial charge in [0.25, 0.3) is 0 Å². The number of nitrogens with one attached hydrogen (secondary N) is 2. The third-order valence-electron chi connectivity index (χ3n) is 2.62. The maximum Gasteiger partial charge on any atom is 0.221 e. The van der Waals surface area contributed by atoms with Gasteiger partial charge >= 0.3 is 0 Å². The van der Waals surface area contributed by atoms with Crippen LogP contribution in [-0.2, 0) is 4.79 Å². The van der Waals surface area contributed by atoms with Gasteiger partial charge in [-0.3, -0.25) is 4.79 Å². The number of benzene rings is 1. The fraction of sp³-hybridized carbons (Fsp3) is 0.462. The van der Waals surface area contributed by atoms with E-state index in [1.54, 1.807) is 6.07 Å². The molecule has 100 valence electrons. The van der Waals surface area contributed by atoms with Gasteiger partial charge in [-0.1, -0.05) is 6.92 Å². The van der Waals surface area contributed by atoms with Gasteiger partial charge in [-0.25, -0.2) is 4.39 Å². The molecule has 0 saturated carbocycles. The highest BCUT2D eigenvalue weighted by Gasteiger charge is 2.05. The minimum atomic E-state index is -0.387. The van der Waals surface area contributed by atoms with Crippen LogP contribution in [0.2, 0.25) is 0 Å². The van der Waals surface area contributed by atoms with Crippen molar-refractivity contribution >= 4 is 17.3 Å². The third kappa shape index (κ3) is 5.03. The van der Waals surface area contributed by atoms with E-state index in [2.05, 4.69) is 10.6 Å². The van der Waals surface area contributed by atoms with E-state index in [-0.39, 0.29) is 17.8 Å². The highest BCUT2D eigenvalue weighted by molar-refractivity contribution is 5.76. The lowest BCUT2D eigenvalue weighted by Crippen LogP contribution is -2.32. The number of anilines is 2. The van der Waals surface area contributed by atoms with Crippen LogP contribution in [0.25, 0.3) is 0 Å². The molecule has 1 aromatic carbocycles. The minimum absolute atomic E-state index is 0.0128. The van der Waals surface area contributed by atoms with Gasteiger partial charge < -0.3 is 16.4 Å². The van der Waals surface area contributed by atoms with Crippen molar-refractivity contribution in [1.82, 2.24) is 5.32 Å². The summed E-state index contributed by atoms with van der Waals surface area (Å²) in [6, 6.07) is 4.42. The van der Waals surface area contributed by atoms with Crippen LogP contribution >= 0.6 is 0 Å². The second-order valence-electron chi connectivity index (χ2n) is 4.33. The molecule has 0 aliphatic heterocycles. The van der Waals surface area contributed by atoms with Crippen LogP contribution in [0.4, 0.5) is 15.8 Å². The highest BCUT2D eigenvalue weighted by Crippen LogP contribution is 2.15. The fourth-order valence-corrected chi connectivity index (χ4v) is 1.48. The van der Waals surface area contributed by atoms with Crippen molar-refractivity contribution in [3.05, 3.63) is 24.0 Å². The summed E-state index contributed by atoms with van der Waals surface area (Å²) in [5, 5.41) is 5.83. The Labute approximate surface area is 107 Å². The van der Waals surface area contributed by atoms with Gasteiger partial charge in [-0.2, -0.15) is 0 Å². The summed E-state index contributed by atoms with van der Waals surface area (Å²) in [7, 11) is 0. The Morgan fingerprint density at radius 3 is 2.78 bits per heavy atom. The van der Waals surface area contributed by atoms with Crippen LogP contribution < -0.4 is 16.4 Å². The first kappa shape index (κ1) is 14.3. The highest BCUT2D eigenvalue weighted by atomic mass is 19.1. The molecule has 0 fully saturated rings. The summed E-state index contributed by atoms with van der Waals surface area (Å²) in [6.07, 6.45) is 1.25. The summed E-state index contributed by atoms with van der Waals surface area (Å²) in [5.41, 5.74) is 6.47. The van der Waals surface area contributed by atoms with E-state index >= 15 is 0 Å². The van der Waals surface area contributed by atoms with Gasteiger partial charge in [-0.05, 0) is 31.5 Å². The third-order valence-corrected chi connectivity index (χ3v) is 2.62. The van der Waals surface area contributed by atoms with Gasteiger partial charge in [-0.15, -0.1) is 0 Å². The molecule has 1 atom stereocenters. The van der Waals surface area contributed by atoms with E-state index in [4.69, 9.17) is 5.73 Å². The van der Waals surface area contributed by atoms with E-state index in [1.165, 1.54) is 12.1 Å². The molecule has 4 N–H and O–H groups in total. The smallest absolute Gasteiger partial charge is 0.221 e. The van der Waals surface area contributed by atoms with Gasteiger partial charge in [0.1, 0.15) is 5.82 Å². The number of halogens is 1. The van der Waals surface area contributed by atoms with Gasteiger partial charge in [0.15, 0.2) is 0 Å². The molecular formula is C13H20FN3O. The Kier molecular flexibility index (Phi) is 5.42. The molecule has 1 amide bonds. The molecule has 0 aromatic heterocycles. The average Bonchev–Trinajstić information content (AvgIpc) is 2.27. The van der Waals surface area contributed by atoms with E-state index in [9.17, 15) is 9.18 Å². The summed E-state index contributed by atoms with van der Waals surface area (Å²) >= 11 is 0. The Morgan fingerprint density at radius 2 is 2.17 bits per heavy atom. The van der Waals surface area contributed by atoms with E-state index < -0.39 is 0 Å². The van der Waals surface area contributed by atoms with Crippen molar-refractivity contribution in [2.24, 2.45) is 0 Å².